The van der Waals surface area contributed by atoms with Crippen molar-refractivity contribution in [1.29, 1.82) is 0 Å². The van der Waals surface area contributed by atoms with Crippen LogP contribution in [0.3, 0.4) is 0 Å². The van der Waals surface area contributed by atoms with Crippen LogP contribution in [0, 0.1) is 11.3 Å². The Hall–Kier alpha value is -1.10. The van der Waals surface area contributed by atoms with Gasteiger partial charge in [-0.3, -0.25) is 9.59 Å². The van der Waals surface area contributed by atoms with Crippen molar-refractivity contribution in [2.24, 2.45) is 17.1 Å². The van der Waals surface area contributed by atoms with Gasteiger partial charge in [0.05, 0.1) is 5.92 Å². The molecule has 0 radical (unpaired) electrons. The summed E-state index contributed by atoms with van der Waals surface area (Å²) in [6.45, 7) is 4.66. The molecule has 20 heavy (non-hydrogen) atoms. The van der Waals surface area contributed by atoms with Crippen LogP contribution in [0.25, 0.3) is 0 Å². The van der Waals surface area contributed by atoms with Gasteiger partial charge in [-0.25, -0.2) is 0 Å². The number of amides is 1. The van der Waals surface area contributed by atoms with Crippen LogP contribution in [0.1, 0.15) is 58.8 Å². The van der Waals surface area contributed by atoms with Gasteiger partial charge in [-0.1, -0.05) is 26.7 Å². The number of carbonyl (C=O) groups excluding carboxylic acids is 1. The predicted octanol–water partition coefficient (Wildman–Crippen LogP) is 1.90. The Kier molecular flexibility index (Phi) is 6.46. The predicted molar refractivity (Wildman–Crippen MR) is 78.2 cm³/mol. The molecule has 5 nitrogen and oxygen atoms in total. The van der Waals surface area contributed by atoms with Gasteiger partial charge in [0.1, 0.15) is 0 Å². The van der Waals surface area contributed by atoms with Crippen LogP contribution in [-0.2, 0) is 9.59 Å². The first-order chi connectivity index (χ1) is 9.32. The van der Waals surface area contributed by atoms with Crippen molar-refractivity contribution < 1.29 is 14.7 Å². The number of hydrogen-bond acceptors (Lipinski definition) is 3. The molecule has 1 rings (SSSR count). The third-order valence-electron chi connectivity index (χ3n) is 4.27. The first kappa shape index (κ1) is 17.0. The van der Waals surface area contributed by atoms with Crippen LogP contribution < -0.4 is 11.1 Å². The minimum atomic E-state index is -0.768. The minimum Gasteiger partial charge on any atom is -0.481 e. The number of rotatable bonds is 7. The summed E-state index contributed by atoms with van der Waals surface area (Å²) in [5, 5.41) is 11.7. The van der Waals surface area contributed by atoms with E-state index < -0.39 is 5.97 Å². The lowest BCUT2D eigenvalue weighted by Gasteiger charge is -2.28. The molecule has 2 atom stereocenters. The lowest BCUT2D eigenvalue weighted by molar-refractivity contribution is -0.137. The summed E-state index contributed by atoms with van der Waals surface area (Å²) < 4.78 is 0. The van der Waals surface area contributed by atoms with E-state index in [2.05, 4.69) is 5.32 Å². The highest BCUT2D eigenvalue weighted by molar-refractivity contribution is 5.79. The SMILES string of the molecule is CC(C)(CCNC(=O)C1CCCCC1N)CCC(=O)O. The molecule has 0 spiro atoms. The summed E-state index contributed by atoms with van der Waals surface area (Å²) in [6, 6.07) is -0.0104. The van der Waals surface area contributed by atoms with Crippen LogP contribution in [0.2, 0.25) is 0 Å². The molecule has 0 aliphatic heterocycles. The van der Waals surface area contributed by atoms with E-state index >= 15 is 0 Å². The Morgan fingerprint density at radius 2 is 1.90 bits per heavy atom. The van der Waals surface area contributed by atoms with E-state index in [1.54, 1.807) is 0 Å². The van der Waals surface area contributed by atoms with Crippen molar-refractivity contribution in [3.05, 3.63) is 0 Å². The van der Waals surface area contributed by atoms with Crippen molar-refractivity contribution in [3.63, 3.8) is 0 Å². The molecule has 0 aromatic rings. The Balaban J connectivity index is 2.28. The summed E-state index contributed by atoms with van der Waals surface area (Å²) in [7, 11) is 0. The smallest absolute Gasteiger partial charge is 0.303 e. The first-order valence-electron chi connectivity index (χ1n) is 7.57. The van der Waals surface area contributed by atoms with E-state index in [1.807, 2.05) is 13.8 Å². The zero-order chi connectivity index (χ0) is 15.2. The van der Waals surface area contributed by atoms with Crippen LogP contribution in [0.5, 0.6) is 0 Å². The fourth-order valence-electron chi connectivity index (χ4n) is 2.71. The van der Waals surface area contributed by atoms with Gasteiger partial charge in [0.25, 0.3) is 0 Å². The Labute approximate surface area is 121 Å². The second-order valence-electron chi connectivity index (χ2n) is 6.65. The van der Waals surface area contributed by atoms with E-state index in [9.17, 15) is 9.59 Å². The highest BCUT2D eigenvalue weighted by Gasteiger charge is 2.28. The topological polar surface area (TPSA) is 92.4 Å². The van der Waals surface area contributed by atoms with Crippen LogP contribution in [-0.4, -0.2) is 29.6 Å². The number of carbonyl (C=O) groups is 2. The molecule has 1 aliphatic carbocycles. The average molecular weight is 284 g/mol. The normalized spacial score (nSPS) is 23.4. The highest BCUT2D eigenvalue weighted by Crippen LogP contribution is 2.26. The lowest BCUT2D eigenvalue weighted by Crippen LogP contribution is -2.44. The molecule has 1 aliphatic rings. The van der Waals surface area contributed by atoms with E-state index in [-0.39, 0.29) is 29.7 Å². The van der Waals surface area contributed by atoms with Gasteiger partial charge in [-0.2, -0.15) is 0 Å². The molecule has 1 saturated carbocycles. The maximum Gasteiger partial charge on any atom is 0.303 e. The molecule has 5 heteroatoms. The molecular weight excluding hydrogens is 256 g/mol. The second kappa shape index (κ2) is 7.62. The summed E-state index contributed by atoms with van der Waals surface area (Å²) in [5.41, 5.74) is 5.92. The molecule has 0 aromatic heterocycles. The molecule has 2 unspecified atom stereocenters. The third kappa shape index (κ3) is 5.90. The summed E-state index contributed by atoms with van der Waals surface area (Å²) in [6.07, 6.45) is 5.60. The number of carboxylic acid groups (broad SMARTS) is 1. The first-order valence-corrected chi connectivity index (χ1v) is 7.57. The van der Waals surface area contributed by atoms with Crippen LogP contribution in [0.15, 0.2) is 0 Å². The fourth-order valence-corrected chi connectivity index (χ4v) is 2.71. The van der Waals surface area contributed by atoms with E-state index in [0.29, 0.717) is 13.0 Å². The molecule has 0 heterocycles. The van der Waals surface area contributed by atoms with Gasteiger partial charge in [0, 0.05) is 19.0 Å². The van der Waals surface area contributed by atoms with Crippen molar-refractivity contribution >= 4 is 11.9 Å². The number of nitrogens with two attached hydrogens (primary N) is 1. The molecule has 1 fully saturated rings. The zero-order valence-corrected chi connectivity index (χ0v) is 12.7. The Morgan fingerprint density at radius 3 is 2.50 bits per heavy atom. The summed E-state index contributed by atoms with van der Waals surface area (Å²) in [5.74, 6) is -0.757. The van der Waals surface area contributed by atoms with Gasteiger partial charge in [-0.05, 0) is 31.1 Å². The number of hydrogen-bond donors (Lipinski definition) is 3. The van der Waals surface area contributed by atoms with E-state index in [1.165, 1.54) is 0 Å². The molecule has 1 amide bonds. The van der Waals surface area contributed by atoms with Gasteiger partial charge in [0.15, 0.2) is 0 Å². The number of nitrogens with one attached hydrogen (secondary N) is 1. The quantitative estimate of drug-likeness (QED) is 0.665. The monoisotopic (exact) mass is 284 g/mol. The zero-order valence-electron chi connectivity index (χ0n) is 12.7. The van der Waals surface area contributed by atoms with Crippen molar-refractivity contribution in [3.8, 4) is 0 Å². The van der Waals surface area contributed by atoms with Crippen molar-refractivity contribution in [1.82, 2.24) is 5.32 Å². The Bertz CT molecular complexity index is 342. The molecule has 4 N–H and O–H groups in total. The summed E-state index contributed by atoms with van der Waals surface area (Å²) in [4.78, 5) is 22.7. The average Bonchev–Trinajstić information content (AvgIpc) is 2.37. The standard InChI is InChI=1S/C15H28N2O3/c1-15(2,8-7-13(18)19)9-10-17-14(20)11-5-3-4-6-12(11)16/h11-12H,3-10,16H2,1-2H3,(H,17,20)(H,18,19). The number of aliphatic carboxylic acids is 1. The second-order valence-corrected chi connectivity index (χ2v) is 6.65. The van der Waals surface area contributed by atoms with Gasteiger partial charge < -0.3 is 16.2 Å². The maximum atomic E-state index is 12.1. The van der Waals surface area contributed by atoms with E-state index in [4.69, 9.17) is 10.8 Å². The number of carboxylic acids is 1. The molecule has 0 saturated heterocycles. The minimum absolute atomic E-state index is 0.0104. The Morgan fingerprint density at radius 1 is 1.25 bits per heavy atom. The fraction of sp³-hybridized carbons (Fsp3) is 0.867. The van der Waals surface area contributed by atoms with Crippen molar-refractivity contribution in [2.45, 2.75) is 64.8 Å². The lowest BCUT2D eigenvalue weighted by atomic mass is 9.83. The van der Waals surface area contributed by atoms with Crippen LogP contribution in [0.4, 0.5) is 0 Å². The third-order valence-corrected chi connectivity index (χ3v) is 4.27. The molecule has 0 bridgehead atoms. The largest absolute Gasteiger partial charge is 0.481 e. The van der Waals surface area contributed by atoms with Crippen molar-refractivity contribution in [2.75, 3.05) is 6.54 Å². The van der Waals surface area contributed by atoms with Gasteiger partial charge in [0.2, 0.25) is 5.91 Å². The van der Waals surface area contributed by atoms with Gasteiger partial charge in [-0.15, -0.1) is 0 Å². The highest BCUT2D eigenvalue weighted by atomic mass is 16.4. The maximum absolute atomic E-state index is 12.1. The molecular formula is C15H28N2O3. The van der Waals surface area contributed by atoms with Crippen LogP contribution >= 0.6 is 0 Å². The summed E-state index contributed by atoms with van der Waals surface area (Å²) >= 11 is 0. The van der Waals surface area contributed by atoms with E-state index in [0.717, 1.165) is 32.1 Å². The molecule has 0 aromatic carbocycles. The molecule has 116 valence electrons. The van der Waals surface area contributed by atoms with Gasteiger partial charge >= 0.3 is 5.97 Å².